The van der Waals surface area contributed by atoms with Crippen molar-refractivity contribution < 1.29 is 9.59 Å². The Bertz CT molecular complexity index is 468. The van der Waals surface area contributed by atoms with Gasteiger partial charge in [-0.1, -0.05) is 18.2 Å². The summed E-state index contributed by atoms with van der Waals surface area (Å²) in [6.07, 6.45) is 2.46. The maximum absolute atomic E-state index is 12.5. The van der Waals surface area contributed by atoms with Crippen LogP contribution in [0, 0.1) is 5.92 Å². The van der Waals surface area contributed by atoms with Crippen LogP contribution in [0.15, 0.2) is 30.3 Å². The molecule has 1 aromatic carbocycles. The van der Waals surface area contributed by atoms with Crippen LogP contribution >= 0.6 is 0 Å². The second kappa shape index (κ2) is 4.44. The van der Waals surface area contributed by atoms with Gasteiger partial charge >= 0.3 is 0 Å². The fraction of sp³-hybridized carbons (Fsp3) is 0.429. The molecular formula is C14H16N2O2. The highest BCUT2D eigenvalue weighted by Gasteiger charge is 2.41. The standard InChI is InChI=1S/C14H16N2O2/c17-12-8-9-16(11-4-2-1-3-5-11)14(18)13(15-12)10-6-7-10/h1-5,10,13H,6-9H2,(H,15,17). The van der Waals surface area contributed by atoms with Crippen molar-refractivity contribution in [3.8, 4) is 0 Å². The molecular weight excluding hydrogens is 228 g/mol. The molecule has 0 bridgehead atoms. The normalized spacial score (nSPS) is 24.7. The van der Waals surface area contributed by atoms with Crippen molar-refractivity contribution in [3.05, 3.63) is 30.3 Å². The van der Waals surface area contributed by atoms with Crippen molar-refractivity contribution in [2.24, 2.45) is 5.92 Å². The number of nitrogens with zero attached hydrogens (tertiary/aromatic N) is 1. The summed E-state index contributed by atoms with van der Waals surface area (Å²) in [5.41, 5.74) is 0.879. The van der Waals surface area contributed by atoms with Gasteiger partial charge in [0.05, 0.1) is 0 Å². The number of rotatable bonds is 2. The molecule has 2 aliphatic rings. The van der Waals surface area contributed by atoms with Crippen LogP contribution in [0.3, 0.4) is 0 Å². The van der Waals surface area contributed by atoms with Crippen molar-refractivity contribution in [1.29, 1.82) is 0 Å². The first kappa shape index (κ1) is 11.3. The average Bonchev–Trinajstić information content (AvgIpc) is 3.21. The van der Waals surface area contributed by atoms with Crippen LogP contribution < -0.4 is 10.2 Å². The van der Waals surface area contributed by atoms with E-state index >= 15 is 0 Å². The molecule has 2 fully saturated rings. The molecule has 1 aliphatic carbocycles. The van der Waals surface area contributed by atoms with Crippen LogP contribution in [0.2, 0.25) is 0 Å². The van der Waals surface area contributed by atoms with Crippen molar-refractivity contribution >= 4 is 17.5 Å². The summed E-state index contributed by atoms with van der Waals surface area (Å²) in [5, 5.41) is 2.86. The lowest BCUT2D eigenvalue weighted by molar-refractivity contribution is -0.126. The maximum atomic E-state index is 12.5. The summed E-state index contributed by atoms with van der Waals surface area (Å²) >= 11 is 0. The van der Waals surface area contributed by atoms with Crippen molar-refractivity contribution in [2.75, 3.05) is 11.4 Å². The van der Waals surface area contributed by atoms with E-state index in [0.29, 0.717) is 18.9 Å². The zero-order valence-corrected chi connectivity index (χ0v) is 10.1. The zero-order chi connectivity index (χ0) is 12.5. The molecule has 1 atom stereocenters. The van der Waals surface area contributed by atoms with Crippen LogP contribution in [0.4, 0.5) is 5.69 Å². The van der Waals surface area contributed by atoms with Gasteiger partial charge in [-0.15, -0.1) is 0 Å². The SMILES string of the molecule is O=C1CCN(c2ccccc2)C(=O)C(C2CC2)N1. The van der Waals surface area contributed by atoms with E-state index in [0.717, 1.165) is 18.5 Å². The highest BCUT2D eigenvalue weighted by atomic mass is 16.2. The third-order valence-corrected chi connectivity index (χ3v) is 3.57. The predicted molar refractivity (Wildman–Crippen MR) is 68.1 cm³/mol. The molecule has 0 aromatic heterocycles. The number of nitrogens with one attached hydrogen (secondary N) is 1. The van der Waals surface area contributed by atoms with E-state index < -0.39 is 0 Å². The second-order valence-electron chi connectivity index (χ2n) is 4.96. The molecule has 4 heteroatoms. The molecule has 94 valence electrons. The van der Waals surface area contributed by atoms with Gasteiger partial charge in [0.25, 0.3) is 0 Å². The quantitative estimate of drug-likeness (QED) is 0.853. The van der Waals surface area contributed by atoms with E-state index in [-0.39, 0.29) is 17.9 Å². The Morgan fingerprint density at radius 2 is 1.83 bits per heavy atom. The molecule has 0 spiro atoms. The monoisotopic (exact) mass is 244 g/mol. The second-order valence-corrected chi connectivity index (χ2v) is 4.96. The van der Waals surface area contributed by atoms with Gasteiger partial charge in [-0.3, -0.25) is 9.59 Å². The summed E-state index contributed by atoms with van der Waals surface area (Å²) in [4.78, 5) is 25.9. The molecule has 1 unspecified atom stereocenters. The van der Waals surface area contributed by atoms with E-state index in [4.69, 9.17) is 0 Å². The Balaban J connectivity index is 1.88. The summed E-state index contributed by atoms with van der Waals surface area (Å²) in [5.74, 6) is 0.360. The lowest BCUT2D eigenvalue weighted by Crippen LogP contribution is -2.46. The van der Waals surface area contributed by atoms with E-state index in [2.05, 4.69) is 5.32 Å². The smallest absolute Gasteiger partial charge is 0.249 e. The number of amides is 2. The maximum Gasteiger partial charge on any atom is 0.249 e. The van der Waals surface area contributed by atoms with E-state index in [1.807, 2.05) is 30.3 Å². The Morgan fingerprint density at radius 3 is 2.50 bits per heavy atom. The first-order valence-corrected chi connectivity index (χ1v) is 6.41. The first-order chi connectivity index (χ1) is 8.75. The Hall–Kier alpha value is -1.84. The Morgan fingerprint density at radius 1 is 1.11 bits per heavy atom. The van der Waals surface area contributed by atoms with Gasteiger partial charge in [0, 0.05) is 18.7 Å². The third-order valence-electron chi connectivity index (χ3n) is 3.57. The van der Waals surface area contributed by atoms with Crippen LogP contribution in [0.1, 0.15) is 19.3 Å². The molecule has 0 radical (unpaired) electrons. The number of carbonyl (C=O) groups excluding carboxylic acids is 2. The minimum atomic E-state index is -0.319. The van der Waals surface area contributed by atoms with Gasteiger partial charge < -0.3 is 10.2 Å². The van der Waals surface area contributed by atoms with Gasteiger partial charge in [-0.25, -0.2) is 0 Å². The fourth-order valence-electron chi connectivity index (χ4n) is 2.41. The summed E-state index contributed by atoms with van der Waals surface area (Å²) in [6.45, 7) is 0.470. The lowest BCUT2D eigenvalue weighted by atomic mass is 10.1. The molecule has 1 saturated heterocycles. The van der Waals surface area contributed by atoms with E-state index in [9.17, 15) is 9.59 Å². The van der Waals surface area contributed by atoms with Gasteiger partial charge in [0.1, 0.15) is 6.04 Å². The van der Waals surface area contributed by atoms with Crippen molar-refractivity contribution in [2.45, 2.75) is 25.3 Å². The minimum Gasteiger partial charge on any atom is -0.344 e. The van der Waals surface area contributed by atoms with E-state index in [1.165, 1.54) is 0 Å². The molecule has 2 amide bonds. The average molecular weight is 244 g/mol. The highest BCUT2D eigenvalue weighted by molar-refractivity contribution is 6.01. The molecule has 1 heterocycles. The molecule has 1 aromatic rings. The largest absolute Gasteiger partial charge is 0.344 e. The lowest BCUT2D eigenvalue weighted by Gasteiger charge is -2.24. The van der Waals surface area contributed by atoms with E-state index in [1.54, 1.807) is 4.90 Å². The summed E-state index contributed by atoms with van der Waals surface area (Å²) in [6, 6.07) is 9.26. The van der Waals surface area contributed by atoms with Gasteiger partial charge in [-0.2, -0.15) is 0 Å². The third kappa shape index (κ3) is 2.10. The van der Waals surface area contributed by atoms with Crippen LogP contribution in [0.5, 0.6) is 0 Å². The number of hydrogen-bond acceptors (Lipinski definition) is 2. The number of carbonyl (C=O) groups is 2. The van der Waals surface area contributed by atoms with Crippen molar-refractivity contribution in [3.63, 3.8) is 0 Å². The number of para-hydroxylation sites is 1. The molecule has 3 rings (SSSR count). The van der Waals surface area contributed by atoms with Crippen LogP contribution in [-0.4, -0.2) is 24.4 Å². The molecule has 4 nitrogen and oxygen atoms in total. The molecule has 1 aliphatic heterocycles. The number of hydrogen-bond donors (Lipinski definition) is 1. The molecule has 1 N–H and O–H groups in total. The summed E-state index contributed by atoms with van der Waals surface area (Å²) < 4.78 is 0. The summed E-state index contributed by atoms with van der Waals surface area (Å²) in [7, 11) is 0. The minimum absolute atomic E-state index is 0.0151. The zero-order valence-electron chi connectivity index (χ0n) is 10.1. The van der Waals surface area contributed by atoms with Gasteiger partial charge in [-0.05, 0) is 30.9 Å². The van der Waals surface area contributed by atoms with Crippen LogP contribution in [0.25, 0.3) is 0 Å². The number of benzene rings is 1. The first-order valence-electron chi connectivity index (χ1n) is 6.41. The topological polar surface area (TPSA) is 49.4 Å². The van der Waals surface area contributed by atoms with Gasteiger partial charge in [0.15, 0.2) is 0 Å². The molecule has 18 heavy (non-hydrogen) atoms. The van der Waals surface area contributed by atoms with Crippen LogP contribution in [-0.2, 0) is 9.59 Å². The predicted octanol–water partition coefficient (Wildman–Crippen LogP) is 1.32. The van der Waals surface area contributed by atoms with Crippen molar-refractivity contribution in [1.82, 2.24) is 5.32 Å². The Kier molecular flexibility index (Phi) is 2.78. The highest BCUT2D eigenvalue weighted by Crippen LogP contribution is 2.34. The fourth-order valence-corrected chi connectivity index (χ4v) is 2.41. The Labute approximate surface area is 106 Å². The molecule has 1 saturated carbocycles. The number of anilines is 1. The van der Waals surface area contributed by atoms with Gasteiger partial charge in [0.2, 0.25) is 11.8 Å².